The highest BCUT2D eigenvalue weighted by Crippen LogP contribution is 2.30. The minimum atomic E-state index is -0.435. The van der Waals surface area contributed by atoms with Gasteiger partial charge in [0.1, 0.15) is 0 Å². The van der Waals surface area contributed by atoms with Crippen LogP contribution < -0.4 is 0 Å². The second-order valence-electron chi connectivity index (χ2n) is 6.28. The maximum Gasteiger partial charge on any atom is 0.219 e. The molecule has 110 valence electrons. The van der Waals surface area contributed by atoms with E-state index < -0.39 is 6.10 Å². The minimum Gasteiger partial charge on any atom is -0.390 e. The Morgan fingerprint density at radius 1 is 1.32 bits per heavy atom. The molecule has 0 aromatic carbocycles. The Balaban J connectivity index is 1.91. The fourth-order valence-electron chi connectivity index (χ4n) is 3.05. The van der Waals surface area contributed by atoms with Crippen LogP contribution in [0.15, 0.2) is 0 Å². The van der Waals surface area contributed by atoms with E-state index in [-0.39, 0.29) is 11.3 Å². The first kappa shape index (κ1) is 14.8. The molecular formula is C14H26N2O3. The number of hydrogen-bond acceptors (Lipinski definition) is 4. The molecule has 0 aromatic heterocycles. The lowest BCUT2D eigenvalue weighted by Gasteiger charge is -2.38. The summed E-state index contributed by atoms with van der Waals surface area (Å²) in [6.45, 7) is 9.24. The van der Waals surface area contributed by atoms with Crippen LogP contribution >= 0.6 is 0 Å². The highest BCUT2D eigenvalue weighted by Gasteiger charge is 2.31. The van der Waals surface area contributed by atoms with E-state index >= 15 is 0 Å². The van der Waals surface area contributed by atoms with Gasteiger partial charge in [-0.15, -0.1) is 0 Å². The van der Waals surface area contributed by atoms with Gasteiger partial charge >= 0.3 is 0 Å². The highest BCUT2D eigenvalue weighted by molar-refractivity contribution is 5.73. The summed E-state index contributed by atoms with van der Waals surface area (Å²) in [5.74, 6) is 0.0539. The first-order valence-electron chi connectivity index (χ1n) is 7.22. The van der Waals surface area contributed by atoms with Crippen LogP contribution in [0.3, 0.4) is 0 Å². The van der Waals surface area contributed by atoms with E-state index in [0.717, 1.165) is 45.7 Å². The number of rotatable bonds is 2. The SMILES string of the molecule is CC(=O)N1CCN(CC2(C)CCOCC2)C[C@@H](O)C1. The van der Waals surface area contributed by atoms with E-state index in [1.54, 1.807) is 11.8 Å². The summed E-state index contributed by atoms with van der Waals surface area (Å²) in [6.07, 6.45) is 1.72. The third kappa shape index (κ3) is 4.16. The van der Waals surface area contributed by atoms with Crippen LogP contribution in [0, 0.1) is 5.41 Å². The molecule has 0 aromatic rings. The van der Waals surface area contributed by atoms with Gasteiger partial charge in [0.25, 0.3) is 0 Å². The Labute approximate surface area is 115 Å². The number of nitrogens with zero attached hydrogens (tertiary/aromatic N) is 2. The summed E-state index contributed by atoms with van der Waals surface area (Å²) >= 11 is 0. The second kappa shape index (κ2) is 6.20. The van der Waals surface area contributed by atoms with Gasteiger partial charge in [0.2, 0.25) is 5.91 Å². The lowest BCUT2D eigenvalue weighted by molar-refractivity contribution is -0.129. The summed E-state index contributed by atoms with van der Waals surface area (Å²) in [5, 5.41) is 10.0. The molecule has 2 aliphatic heterocycles. The van der Waals surface area contributed by atoms with Crippen LogP contribution in [0.25, 0.3) is 0 Å². The number of β-amino-alcohol motifs (C(OH)–C–C–N with tert-alkyl or cyclic N) is 1. The average Bonchev–Trinajstić information content (AvgIpc) is 2.51. The third-order valence-electron chi connectivity index (χ3n) is 4.34. The number of amides is 1. The van der Waals surface area contributed by atoms with Gasteiger partial charge in [-0.2, -0.15) is 0 Å². The molecule has 2 saturated heterocycles. The molecule has 2 heterocycles. The van der Waals surface area contributed by atoms with Crippen molar-refractivity contribution in [2.45, 2.75) is 32.8 Å². The van der Waals surface area contributed by atoms with Crippen LogP contribution in [0.1, 0.15) is 26.7 Å². The zero-order chi connectivity index (χ0) is 13.9. The zero-order valence-electron chi connectivity index (χ0n) is 12.1. The van der Waals surface area contributed by atoms with Gasteiger partial charge in [-0.1, -0.05) is 6.92 Å². The van der Waals surface area contributed by atoms with Gasteiger partial charge in [0, 0.05) is 52.9 Å². The van der Waals surface area contributed by atoms with Crippen molar-refractivity contribution in [3.8, 4) is 0 Å². The lowest BCUT2D eigenvalue weighted by atomic mass is 9.82. The summed E-state index contributed by atoms with van der Waals surface area (Å²) in [4.78, 5) is 15.5. The summed E-state index contributed by atoms with van der Waals surface area (Å²) < 4.78 is 5.43. The molecular weight excluding hydrogens is 244 g/mol. The van der Waals surface area contributed by atoms with Gasteiger partial charge in [0.05, 0.1) is 6.10 Å². The standard InChI is InChI=1S/C14H26N2O3/c1-12(17)16-6-5-15(9-13(18)10-16)11-14(2)3-7-19-8-4-14/h13,18H,3-11H2,1-2H3/t13-/m1/s1. The van der Waals surface area contributed by atoms with E-state index in [1.807, 2.05) is 0 Å². The highest BCUT2D eigenvalue weighted by atomic mass is 16.5. The van der Waals surface area contributed by atoms with E-state index in [2.05, 4.69) is 11.8 Å². The topological polar surface area (TPSA) is 53.0 Å². The first-order valence-corrected chi connectivity index (χ1v) is 7.22. The first-order chi connectivity index (χ1) is 8.98. The van der Waals surface area contributed by atoms with Crippen molar-refractivity contribution in [3.63, 3.8) is 0 Å². The minimum absolute atomic E-state index is 0.0539. The third-order valence-corrected chi connectivity index (χ3v) is 4.34. The molecule has 0 saturated carbocycles. The normalized spacial score (nSPS) is 29.0. The van der Waals surface area contributed by atoms with Crippen LogP contribution in [-0.2, 0) is 9.53 Å². The molecule has 1 amide bonds. The number of hydrogen-bond donors (Lipinski definition) is 1. The maximum atomic E-state index is 11.4. The fraction of sp³-hybridized carbons (Fsp3) is 0.929. The van der Waals surface area contributed by atoms with E-state index in [0.29, 0.717) is 13.1 Å². The Kier molecular flexibility index (Phi) is 4.81. The van der Waals surface area contributed by atoms with Crippen molar-refractivity contribution >= 4 is 5.91 Å². The molecule has 2 rings (SSSR count). The zero-order valence-corrected chi connectivity index (χ0v) is 12.1. The van der Waals surface area contributed by atoms with Crippen LogP contribution in [0.4, 0.5) is 0 Å². The maximum absolute atomic E-state index is 11.4. The lowest BCUT2D eigenvalue weighted by Crippen LogP contribution is -2.42. The number of carbonyl (C=O) groups is 1. The molecule has 1 N–H and O–H groups in total. The number of ether oxygens (including phenoxy) is 1. The molecule has 1 atom stereocenters. The predicted molar refractivity (Wildman–Crippen MR) is 72.9 cm³/mol. The number of carbonyl (C=O) groups excluding carboxylic acids is 1. The predicted octanol–water partition coefficient (Wildman–Crippen LogP) is 0.328. The molecule has 5 heteroatoms. The molecule has 5 nitrogen and oxygen atoms in total. The smallest absolute Gasteiger partial charge is 0.219 e. The molecule has 0 bridgehead atoms. The Bertz CT molecular complexity index is 316. The van der Waals surface area contributed by atoms with E-state index in [9.17, 15) is 9.90 Å². The molecule has 0 radical (unpaired) electrons. The van der Waals surface area contributed by atoms with Gasteiger partial charge in [-0.05, 0) is 18.3 Å². The molecule has 0 aliphatic carbocycles. The quantitative estimate of drug-likeness (QED) is 0.785. The summed E-state index contributed by atoms with van der Waals surface area (Å²) in [5.41, 5.74) is 0.281. The van der Waals surface area contributed by atoms with Gasteiger partial charge in [-0.3, -0.25) is 9.69 Å². The summed E-state index contributed by atoms with van der Waals surface area (Å²) in [6, 6.07) is 0. The average molecular weight is 270 g/mol. The molecule has 19 heavy (non-hydrogen) atoms. The van der Waals surface area contributed by atoms with E-state index in [1.165, 1.54) is 0 Å². The van der Waals surface area contributed by atoms with Crippen molar-refractivity contribution in [3.05, 3.63) is 0 Å². The number of aliphatic hydroxyl groups excluding tert-OH is 1. The van der Waals surface area contributed by atoms with Gasteiger partial charge in [0.15, 0.2) is 0 Å². The van der Waals surface area contributed by atoms with Crippen molar-refractivity contribution in [2.24, 2.45) is 5.41 Å². The largest absolute Gasteiger partial charge is 0.390 e. The molecule has 2 fully saturated rings. The van der Waals surface area contributed by atoms with Crippen molar-refractivity contribution < 1.29 is 14.6 Å². The van der Waals surface area contributed by atoms with Gasteiger partial charge < -0.3 is 14.7 Å². The van der Waals surface area contributed by atoms with Crippen LogP contribution in [-0.4, -0.2) is 72.9 Å². The molecule has 0 spiro atoms. The van der Waals surface area contributed by atoms with Crippen molar-refractivity contribution in [2.75, 3.05) is 45.9 Å². The van der Waals surface area contributed by atoms with Crippen LogP contribution in [0.2, 0.25) is 0 Å². The Hall–Kier alpha value is -0.650. The van der Waals surface area contributed by atoms with Crippen molar-refractivity contribution in [1.29, 1.82) is 0 Å². The van der Waals surface area contributed by atoms with Crippen molar-refractivity contribution in [1.82, 2.24) is 9.80 Å². The van der Waals surface area contributed by atoms with Gasteiger partial charge in [-0.25, -0.2) is 0 Å². The molecule has 2 aliphatic rings. The number of aliphatic hydroxyl groups is 1. The Morgan fingerprint density at radius 2 is 2.00 bits per heavy atom. The van der Waals surface area contributed by atoms with Crippen LogP contribution in [0.5, 0.6) is 0 Å². The van der Waals surface area contributed by atoms with E-state index in [4.69, 9.17) is 4.74 Å². The summed E-state index contributed by atoms with van der Waals surface area (Å²) in [7, 11) is 0. The Morgan fingerprint density at radius 3 is 2.63 bits per heavy atom. The fourth-order valence-corrected chi connectivity index (χ4v) is 3.05. The second-order valence-corrected chi connectivity index (χ2v) is 6.28. The monoisotopic (exact) mass is 270 g/mol. The molecule has 0 unspecified atom stereocenters.